The molecule has 0 bridgehead atoms. The van der Waals surface area contributed by atoms with Crippen LogP contribution < -0.4 is 11.5 Å². The molecule has 0 spiro atoms. The average molecular weight is 159 g/mol. The van der Waals surface area contributed by atoms with Crippen molar-refractivity contribution < 1.29 is 0 Å². The van der Waals surface area contributed by atoms with Gasteiger partial charge in [-0.1, -0.05) is 0 Å². The van der Waals surface area contributed by atoms with Crippen LogP contribution in [0.4, 0.5) is 0 Å². The third-order valence-corrected chi connectivity index (χ3v) is 1.00. The monoisotopic (exact) mass is 158 g/mol. The highest BCUT2D eigenvalue weighted by Crippen LogP contribution is 1.86. The van der Waals surface area contributed by atoms with Crippen molar-refractivity contribution in [1.29, 1.82) is 0 Å². The molecule has 52 valence electrons. The van der Waals surface area contributed by atoms with E-state index in [0.29, 0.717) is 12.4 Å². The van der Waals surface area contributed by atoms with Crippen LogP contribution in [0.3, 0.4) is 0 Å². The Morgan fingerprint density at radius 3 is 2.12 bits per heavy atom. The van der Waals surface area contributed by atoms with Gasteiger partial charge in [0.1, 0.15) is 0 Å². The van der Waals surface area contributed by atoms with Crippen molar-refractivity contribution >= 4 is 24.0 Å². The van der Waals surface area contributed by atoms with Crippen molar-refractivity contribution in [3.8, 4) is 0 Å². The van der Waals surface area contributed by atoms with Gasteiger partial charge < -0.3 is 11.5 Å². The van der Waals surface area contributed by atoms with Gasteiger partial charge in [-0.25, -0.2) is 0 Å². The van der Waals surface area contributed by atoms with Gasteiger partial charge >= 0.3 is 0 Å². The first-order valence-corrected chi connectivity index (χ1v) is 2.86. The highest BCUT2D eigenvalue weighted by atomic mass is 35.5. The van der Waals surface area contributed by atoms with E-state index in [1.807, 2.05) is 0 Å². The van der Waals surface area contributed by atoms with Crippen molar-refractivity contribution in [2.45, 2.75) is 12.5 Å². The number of rotatable bonds is 3. The summed E-state index contributed by atoms with van der Waals surface area (Å²) in [5.41, 5.74) is 10.5. The summed E-state index contributed by atoms with van der Waals surface area (Å²) in [4.78, 5) is 0. The van der Waals surface area contributed by atoms with Crippen molar-refractivity contribution in [1.82, 2.24) is 0 Å². The maximum absolute atomic E-state index is 5.37. The molecular formula is C4H12Cl2N2. The van der Waals surface area contributed by atoms with E-state index in [4.69, 9.17) is 23.1 Å². The van der Waals surface area contributed by atoms with Crippen LogP contribution in [0.5, 0.6) is 0 Å². The molecule has 2 nitrogen and oxygen atoms in total. The third-order valence-electron chi connectivity index (χ3n) is 0.783. The fourth-order valence-corrected chi connectivity index (χ4v) is 0.538. The molecule has 0 aliphatic rings. The summed E-state index contributed by atoms with van der Waals surface area (Å²) in [6, 6.07) is 0.0949. The van der Waals surface area contributed by atoms with Gasteiger partial charge in [0, 0.05) is 18.5 Å². The summed E-state index contributed by atoms with van der Waals surface area (Å²) in [5.74, 6) is 0.609. The summed E-state index contributed by atoms with van der Waals surface area (Å²) in [5, 5.41) is 0. The van der Waals surface area contributed by atoms with Gasteiger partial charge in [-0.2, -0.15) is 0 Å². The van der Waals surface area contributed by atoms with E-state index in [2.05, 4.69) is 0 Å². The van der Waals surface area contributed by atoms with Gasteiger partial charge in [-0.3, -0.25) is 0 Å². The predicted molar refractivity (Wildman–Crippen MR) is 39.6 cm³/mol. The van der Waals surface area contributed by atoms with Gasteiger partial charge in [-0.05, 0) is 6.42 Å². The second kappa shape index (κ2) is 7.50. The minimum atomic E-state index is 0. The van der Waals surface area contributed by atoms with Crippen LogP contribution in [0.25, 0.3) is 0 Å². The van der Waals surface area contributed by atoms with E-state index in [0.717, 1.165) is 6.42 Å². The molecule has 0 aromatic carbocycles. The van der Waals surface area contributed by atoms with E-state index in [1.54, 1.807) is 0 Å². The van der Waals surface area contributed by atoms with E-state index in [9.17, 15) is 0 Å². The molecule has 0 rings (SSSR count). The molecule has 1 unspecified atom stereocenters. The molecular weight excluding hydrogens is 147 g/mol. The Hall–Kier alpha value is 0.500. The number of hydrogen-bond acceptors (Lipinski definition) is 2. The number of nitrogens with two attached hydrogens (primary N) is 2. The van der Waals surface area contributed by atoms with Gasteiger partial charge in [0.2, 0.25) is 0 Å². The molecule has 0 radical (unpaired) electrons. The molecule has 1 atom stereocenters. The zero-order chi connectivity index (χ0) is 5.70. The first kappa shape index (κ1) is 11.3. The first-order chi connectivity index (χ1) is 3.31. The molecule has 0 aromatic heterocycles. The molecule has 4 heteroatoms. The van der Waals surface area contributed by atoms with Crippen molar-refractivity contribution in [3.05, 3.63) is 0 Å². The third kappa shape index (κ3) is 6.50. The molecule has 0 heterocycles. The molecule has 4 N–H and O–H groups in total. The van der Waals surface area contributed by atoms with Crippen molar-refractivity contribution in [2.24, 2.45) is 11.5 Å². The number of alkyl halides is 1. The van der Waals surface area contributed by atoms with Crippen LogP contribution in [0.1, 0.15) is 6.42 Å². The van der Waals surface area contributed by atoms with Crippen LogP contribution in [0.15, 0.2) is 0 Å². The fourth-order valence-electron chi connectivity index (χ4n) is 0.258. The molecule has 0 aliphatic heterocycles. The molecule has 0 aromatic rings. The summed E-state index contributed by atoms with van der Waals surface area (Å²) < 4.78 is 0. The molecule has 0 aliphatic carbocycles. The summed E-state index contributed by atoms with van der Waals surface area (Å²) >= 11 is 5.34. The lowest BCUT2D eigenvalue weighted by Crippen LogP contribution is -2.29. The summed E-state index contributed by atoms with van der Waals surface area (Å²) in [7, 11) is 0. The Morgan fingerprint density at radius 2 is 2.00 bits per heavy atom. The lowest BCUT2D eigenvalue weighted by Gasteiger charge is -2.02. The van der Waals surface area contributed by atoms with Gasteiger partial charge in [0.15, 0.2) is 0 Å². The van der Waals surface area contributed by atoms with Gasteiger partial charge in [0.25, 0.3) is 0 Å². The SMILES string of the molecule is Cl.NCC(N)CCCl. The Bertz CT molecular complexity index is 43.0. The average Bonchev–Trinajstić information content (AvgIpc) is 1.68. The Labute approximate surface area is 61.0 Å². The summed E-state index contributed by atoms with van der Waals surface area (Å²) in [6.45, 7) is 0.534. The summed E-state index contributed by atoms with van der Waals surface area (Å²) in [6.07, 6.45) is 0.818. The zero-order valence-electron chi connectivity index (χ0n) is 4.64. The smallest absolute Gasteiger partial charge is 0.0238 e. The van der Waals surface area contributed by atoms with Crippen LogP contribution in [-0.4, -0.2) is 18.5 Å². The van der Waals surface area contributed by atoms with Crippen molar-refractivity contribution in [3.63, 3.8) is 0 Å². The molecule has 0 saturated heterocycles. The molecule has 0 amide bonds. The van der Waals surface area contributed by atoms with Crippen molar-refractivity contribution in [2.75, 3.05) is 12.4 Å². The first-order valence-electron chi connectivity index (χ1n) is 2.33. The molecule has 0 fully saturated rings. The minimum absolute atomic E-state index is 0. The number of hydrogen-bond donors (Lipinski definition) is 2. The lowest BCUT2D eigenvalue weighted by atomic mass is 10.2. The van der Waals surface area contributed by atoms with Gasteiger partial charge in [-0.15, -0.1) is 24.0 Å². The Kier molecular flexibility index (Phi) is 10.6. The van der Waals surface area contributed by atoms with E-state index < -0.39 is 0 Å². The van der Waals surface area contributed by atoms with E-state index in [1.165, 1.54) is 0 Å². The normalized spacial score (nSPS) is 12.4. The topological polar surface area (TPSA) is 52.0 Å². The van der Waals surface area contributed by atoms with Crippen LogP contribution >= 0.6 is 24.0 Å². The van der Waals surface area contributed by atoms with E-state index in [-0.39, 0.29) is 18.4 Å². The van der Waals surface area contributed by atoms with Crippen LogP contribution in [0.2, 0.25) is 0 Å². The zero-order valence-corrected chi connectivity index (χ0v) is 6.21. The predicted octanol–water partition coefficient (Wildman–Crippen LogP) is 0.323. The highest BCUT2D eigenvalue weighted by molar-refractivity contribution is 6.17. The maximum Gasteiger partial charge on any atom is 0.0238 e. The molecule has 0 saturated carbocycles. The fraction of sp³-hybridized carbons (Fsp3) is 1.00. The van der Waals surface area contributed by atoms with Gasteiger partial charge in [0.05, 0.1) is 0 Å². The molecule has 8 heavy (non-hydrogen) atoms. The van der Waals surface area contributed by atoms with E-state index >= 15 is 0 Å². The largest absolute Gasteiger partial charge is 0.329 e. The highest BCUT2D eigenvalue weighted by Gasteiger charge is 1.94. The lowest BCUT2D eigenvalue weighted by molar-refractivity contribution is 0.663. The van der Waals surface area contributed by atoms with Crippen LogP contribution in [0, 0.1) is 0 Å². The number of halogens is 2. The quantitative estimate of drug-likeness (QED) is 0.582. The minimum Gasteiger partial charge on any atom is -0.329 e. The maximum atomic E-state index is 5.37. The Morgan fingerprint density at radius 1 is 1.50 bits per heavy atom. The Balaban J connectivity index is 0. The second-order valence-electron chi connectivity index (χ2n) is 1.47. The second-order valence-corrected chi connectivity index (χ2v) is 1.85. The van der Waals surface area contributed by atoms with Crippen LogP contribution in [-0.2, 0) is 0 Å². The standard InChI is InChI=1S/C4H11ClN2.ClH/c5-2-1-4(7)3-6;/h4H,1-3,6-7H2;1H.